The molecule has 3 aromatic carbocycles. The van der Waals surface area contributed by atoms with Gasteiger partial charge in [-0.05, 0) is 78.6 Å². The summed E-state index contributed by atoms with van der Waals surface area (Å²) in [7, 11) is 0. The zero-order chi connectivity index (χ0) is 21.2. The minimum Gasteiger partial charge on any atom is -0.494 e. The van der Waals surface area contributed by atoms with Crippen molar-refractivity contribution in [1.82, 2.24) is 0 Å². The van der Waals surface area contributed by atoms with E-state index in [1.807, 2.05) is 36.4 Å². The van der Waals surface area contributed by atoms with Gasteiger partial charge >= 0.3 is 0 Å². The van der Waals surface area contributed by atoms with Crippen LogP contribution in [0.15, 0.2) is 78.9 Å². The Morgan fingerprint density at radius 2 is 1.47 bits per heavy atom. The quantitative estimate of drug-likeness (QED) is 0.303. The Hall–Kier alpha value is -2.74. The van der Waals surface area contributed by atoms with E-state index in [0.29, 0.717) is 0 Å². The first-order valence-electron chi connectivity index (χ1n) is 11.1. The summed E-state index contributed by atoms with van der Waals surface area (Å²) in [5, 5.41) is 0. The monoisotopic (exact) mass is 402 g/mol. The second kappa shape index (κ2) is 10.9. The fourth-order valence-electron chi connectivity index (χ4n) is 3.60. The molecule has 2 heteroatoms. The summed E-state index contributed by atoms with van der Waals surface area (Å²) in [4.78, 5) is 0. The summed E-state index contributed by atoms with van der Waals surface area (Å²) in [6.07, 6.45) is 5.58. The molecule has 0 aromatic heterocycles. The maximum Gasteiger partial charge on any atom is 0.127 e. The molecule has 0 atom stereocenters. The predicted molar refractivity (Wildman–Crippen MR) is 126 cm³/mol. The molecule has 158 valence electrons. The summed E-state index contributed by atoms with van der Waals surface area (Å²) in [6, 6.07) is 27.0. The summed E-state index contributed by atoms with van der Waals surface area (Å²) < 4.78 is 11.8. The fourth-order valence-corrected chi connectivity index (χ4v) is 3.60. The SMILES string of the molecule is CCCCOc1ccc(C(C)(C)CCCc2cccc(Oc3ccccc3)c2)cc1. The molecular weight excluding hydrogens is 368 g/mol. The van der Waals surface area contributed by atoms with Crippen molar-refractivity contribution in [3.05, 3.63) is 90.0 Å². The van der Waals surface area contributed by atoms with Gasteiger partial charge < -0.3 is 9.47 Å². The average Bonchev–Trinajstić information content (AvgIpc) is 2.75. The Bertz CT molecular complexity index is 882. The van der Waals surface area contributed by atoms with Crippen molar-refractivity contribution in [3.63, 3.8) is 0 Å². The molecule has 0 unspecified atom stereocenters. The van der Waals surface area contributed by atoms with E-state index >= 15 is 0 Å². The highest BCUT2D eigenvalue weighted by molar-refractivity contribution is 5.34. The minimum atomic E-state index is 0.139. The van der Waals surface area contributed by atoms with Crippen molar-refractivity contribution in [1.29, 1.82) is 0 Å². The van der Waals surface area contributed by atoms with E-state index < -0.39 is 0 Å². The molecule has 0 aliphatic heterocycles. The first-order chi connectivity index (χ1) is 14.6. The number of para-hydroxylation sites is 1. The summed E-state index contributed by atoms with van der Waals surface area (Å²) in [5.41, 5.74) is 2.82. The lowest BCUT2D eigenvalue weighted by molar-refractivity contribution is 0.309. The number of aryl methyl sites for hydroxylation is 1. The number of unbranched alkanes of at least 4 members (excludes halogenated alkanes) is 1. The van der Waals surface area contributed by atoms with Crippen LogP contribution >= 0.6 is 0 Å². The predicted octanol–water partition coefficient (Wildman–Crippen LogP) is 7.96. The van der Waals surface area contributed by atoms with E-state index in [9.17, 15) is 0 Å². The number of hydrogen-bond acceptors (Lipinski definition) is 2. The molecule has 30 heavy (non-hydrogen) atoms. The van der Waals surface area contributed by atoms with Gasteiger partial charge in [0.1, 0.15) is 17.2 Å². The molecule has 0 N–H and O–H groups in total. The number of ether oxygens (including phenoxy) is 2. The zero-order valence-corrected chi connectivity index (χ0v) is 18.6. The molecule has 0 aliphatic rings. The molecule has 3 rings (SSSR count). The van der Waals surface area contributed by atoms with Crippen molar-refractivity contribution >= 4 is 0 Å². The molecule has 0 fully saturated rings. The van der Waals surface area contributed by atoms with Crippen molar-refractivity contribution < 1.29 is 9.47 Å². The molecule has 2 nitrogen and oxygen atoms in total. The average molecular weight is 403 g/mol. The Morgan fingerprint density at radius 3 is 2.20 bits per heavy atom. The van der Waals surface area contributed by atoms with Crippen molar-refractivity contribution in [2.75, 3.05) is 6.61 Å². The highest BCUT2D eigenvalue weighted by Gasteiger charge is 2.20. The molecule has 0 radical (unpaired) electrons. The van der Waals surface area contributed by atoms with Gasteiger partial charge in [0, 0.05) is 0 Å². The van der Waals surface area contributed by atoms with Crippen molar-refractivity contribution in [2.45, 2.75) is 58.3 Å². The maximum atomic E-state index is 5.97. The Balaban J connectivity index is 1.52. The first kappa shape index (κ1) is 22.0. The smallest absolute Gasteiger partial charge is 0.127 e. The highest BCUT2D eigenvalue weighted by Crippen LogP contribution is 2.31. The van der Waals surface area contributed by atoms with E-state index in [1.165, 1.54) is 11.1 Å². The third-order valence-corrected chi connectivity index (χ3v) is 5.55. The van der Waals surface area contributed by atoms with Gasteiger partial charge in [0.2, 0.25) is 0 Å². The second-order valence-electron chi connectivity index (χ2n) is 8.53. The maximum absolute atomic E-state index is 5.97. The number of hydrogen-bond donors (Lipinski definition) is 0. The highest BCUT2D eigenvalue weighted by atomic mass is 16.5. The molecule has 3 aromatic rings. The summed E-state index contributed by atoms with van der Waals surface area (Å²) >= 11 is 0. The lowest BCUT2D eigenvalue weighted by atomic mass is 9.80. The van der Waals surface area contributed by atoms with Gasteiger partial charge in [0.05, 0.1) is 6.61 Å². The molecule has 0 bridgehead atoms. The van der Waals surface area contributed by atoms with Crippen molar-refractivity contribution in [3.8, 4) is 17.2 Å². The lowest BCUT2D eigenvalue weighted by Crippen LogP contribution is -2.17. The van der Waals surface area contributed by atoms with Crippen LogP contribution < -0.4 is 9.47 Å². The standard InChI is InChI=1S/C28H34O2/c1-4-5-21-29-25-18-16-24(17-19-25)28(2,3)20-10-12-23-11-9-15-27(22-23)30-26-13-7-6-8-14-26/h6-9,11,13-19,22H,4-5,10,12,20-21H2,1-3H3. The zero-order valence-electron chi connectivity index (χ0n) is 18.6. The van der Waals surface area contributed by atoms with Gasteiger partial charge in [-0.3, -0.25) is 0 Å². The summed E-state index contributed by atoms with van der Waals surface area (Å²) in [5.74, 6) is 2.74. The molecule has 0 saturated heterocycles. The molecular formula is C28H34O2. The van der Waals surface area contributed by atoms with Crippen LogP contribution in [0.2, 0.25) is 0 Å². The van der Waals surface area contributed by atoms with Gasteiger partial charge in [-0.2, -0.15) is 0 Å². The van der Waals surface area contributed by atoms with Crippen LogP contribution in [0, 0.1) is 0 Å². The van der Waals surface area contributed by atoms with Crippen molar-refractivity contribution in [2.24, 2.45) is 0 Å². The Kier molecular flexibility index (Phi) is 7.96. The van der Waals surface area contributed by atoms with E-state index in [4.69, 9.17) is 9.47 Å². The Labute approximate surface area is 181 Å². The van der Waals surface area contributed by atoms with Gasteiger partial charge in [-0.15, -0.1) is 0 Å². The van der Waals surface area contributed by atoms with E-state index in [-0.39, 0.29) is 5.41 Å². The van der Waals surface area contributed by atoms with Crippen LogP contribution in [0.1, 0.15) is 57.6 Å². The molecule has 0 aliphatic carbocycles. The van der Waals surface area contributed by atoms with Crippen LogP contribution in [0.4, 0.5) is 0 Å². The second-order valence-corrected chi connectivity index (χ2v) is 8.53. The van der Waals surface area contributed by atoms with Crippen LogP contribution in [0.25, 0.3) is 0 Å². The molecule has 0 heterocycles. The van der Waals surface area contributed by atoms with Crippen LogP contribution in [0.5, 0.6) is 17.2 Å². The van der Waals surface area contributed by atoms with Crippen LogP contribution in [-0.2, 0) is 11.8 Å². The molecule has 0 spiro atoms. The van der Waals surface area contributed by atoms with E-state index in [2.05, 4.69) is 63.2 Å². The topological polar surface area (TPSA) is 18.5 Å². The van der Waals surface area contributed by atoms with E-state index in [0.717, 1.165) is 56.0 Å². The van der Waals surface area contributed by atoms with Gasteiger partial charge in [0.25, 0.3) is 0 Å². The first-order valence-corrected chi connectivity index (χ1v) is 11.1. The van der Waals surface area contributed by atoms with Crippen LogP contribution in [-0.4, -0.2) is 6.61 Å². The number of rotatable bonds is 11. The number of benzene rings is 3. The molecule has 0 saturated carbocycles. The Morgan fingerprint density at radius 1 is 0.733 bits per heavy atom. The normalized spacial score (nSPS) is 11.3. The van der Waals surface area contributed by atoms with Gasteiger partial charge in [0.15, 0.2) is 0 Å². The fraction of sp³-hybridized carbons (Fsp3) is 0.357. The van der Waals surface area contributed by atoms with Gasteiger partial charge in [-0.25, -0.2) is 0 Å². The van der Waals surface area contributed by atoms with Crippen LogP contribution in [0.3, 0.4) is 0 Å². The minimum absolute atomic E-state index is 0.139. The van der Waals surface area contributed by atoms with Gasteiger partial charge in [-0.1, -0.05) is 69.7 Å². The lowest BCUT2D eigenvalue weighted by Gasteiger charge is -2.25. The largest absolute Gasteiger partial charge is 0.494 e. The summed E-state index contributed by atoms with van der Waals surface area (Å²) in [6.45, 7) is 7.64. The third kappa shape index (κ3) is 6.66. The molecule has 0 amide bonds. The van der Waals surface area contributed by atoms with E-state index in [1.54, 1.807) is 0 Å². The third-order valence-electron chi connectivity index (χ3n) is 5.55.